The lowest BCUT2D eigenvalue weighted by Crippen LogP contribution is -2.36. The van der Waals surface area contributed by atoms with Gasteiger partial charge in [-0.1, -0.05) is 123 Å². The number of hydrogen-bond donors (Lipinski definition) is 9. The lowest BCUT2D eigenvalue weighted by molar-refractivity contribution is -0.0185. The Balaban J connectivity index is 1.48. The minimum atomic E-state index is -5.51. The fourth-order valence-corrected chi connectivity index (χ4v) is 15.3. The van der Waals surface area contributed by atoms with Crippen molar-refractivity contribution in [2.75, 3.05) is 113 Å². The number of hydrogen-bond acceptors (Lipinski definition) is 25. The number of phosphoric ester groups is 8. The molecule has 94 heavy (non-hydrogen) atoms. The van der Waals surface area contributed by atoms with E-state index in [1.807, 2.05) is 72.9 Å². The van der Waals surface area contributed by atoms with Crippen LogP contribution in [0.1, 0.15) is 105 Å². The van der Waals surface area contributed by atoms with Crippen LogP contribution in [-0.2, 0) is 109 Å². The van der Waals surface area contributed by atoms with E-state index < -0.39 is 164 Å². The van der Waals surface area contributed by atoms with Gasteiger partial charge in [0.2, 0.25) is 0 Å². The molecule has 12 unspecified atom stereocenters. The number of aliphatic hydroxyl groups excluding tert-OH is 1. The van der Waals surface area contributed by atoms with E-state index in [0.29, 0.717) is 57.8 Å². The summed E-state index contributed by atoms with van der Waals surface area (Å²) in [6.07, 6.45) is 29.0. The second-order valence-corrected chi connectivity index (χ2v) is 35.7. The largest absolute Gasteiger partial charge is 0.472 e. The second kappa shape index (κ2) is 39.3. The van der Waals surface area contributed by atoms with Crippen molar-refractivity contribution < 1.29 is 153 Å². The summed E-state index contributed by atoms with van der Waals surface area (Å²) in [5, 5.41) is 10.2. The van der Waals surface area contributed by atoms with E-state index in [0.717, 1.165) is 49.7 Å². The zero-order chi connectivity index (χ0) is 69.9. The van der Waals surface area contributed by atoms with Gasteiger partial charge in [0, 0.05) is 28.8 Å². The van der Waals surface area contributed by atoms with Crippen molar-refractivity contribution in [3.8, 4) is 0 Å². The molecule has 0 bridgehead atoms. The zero-order valence-corrected chi connectivity index (χ0v) is 60.3. The summed E-state index contributed by atoms with van der Waals surface area (Å²) in [5.41, 5.74) is -3.36. The van der Waals surface area contributed by atoms with E-state index in [4.69, 9.17) is 67.9 Å². The molecule has 0 heterocycles. The van der Waals surface area contributed by atoms with Crippen LogP contribution in [0.2, 0.25) is 0 Å². The van der Waals surface area contributed by atoms with Gasteiger partial charge in [-0.3, -0.25) is 72.4 Å². The van der Waals surface area contributed by atoms with Gasteiger partial charge < -0.3 is 44.3 Å². The first-order valence-electron chi connectivity index (χ1n) is 29.6. The highest BCUT2D eigenvalue weighted by Crippen LogP contribution is 2.55. The van der Waals surface area contributed by atoms with Gasteiger partial charge in [0.05, 0.1) is 106 Å². The molecule has 0 fully saturated rings. The van der Waals surface area contributed by atoms with Crippen LogP contribution in [0.3, 0.4) is 0 Å². The molecule has 0 saturated heterocycles. The fourth-order valence-electron chi connectivity index (χ4n) is 8.06. The average Bonchev–Trinajstić information content (AvgIpc) is 1.16. The summed E-state index contributed by atoms with van der Waals surface area (Å²) in [6, 6.07) is 0. The van der Waals surface area contributed by atoms with Gasteiger partial charge in [0.25, 0.3) is 0 Å². The lowest BCUT2D eigenvalue weighted by atomic mass is 9.95. The van der Waals surface area contributed by atoms with Gasteiger partial charge in [-0.25, -0.2) is 36.5 Å². The van der Waals surface area contributed by atoms with Crippen molar-refractivity contribution in [1.82, 2.24) is 0 Å². The maximum atomic E-state index is 13.8. The Bertz CT molecular complexity index is 3090. The highest BCUT2D eigenvalue weighted by atomic mass is 31.2. The van der Waals surface area contributed by atoms with E-state index in [2.05, 4.69) is 4.52 Å². The molecule has 9 N–H and O–H groups in total. The minimum absolute atomic E-state index is 0.156. The van der Waals surface area contributed by atoms with Crippen LogP contribution in [0.4, 0.5) is 0 Å². The summed E-state index contributed by atoms with van der Waals surface area (Å²) in [4.78, 5) is 85.1. The Hall–Kier alpha value is -1.24. The van der Waals surface area contributed by atoms with Crippen LogP contribution in [0.5, 0.6) is 0 Å². The zero-order valence-electron chi connectivity index (χ0n) is 53.1. The van der Waals surface area contributed by atoms with Crippen molar-refractivity contribution in [3.63, 3.8) is 0 Å². The first-order valence-corrected chi connectivity index (χ1v) is 41.5. The molecule has 4 aliphatic rings. The molecule has 0 aromatic carbocycles. The van der Waals surface area contributed by atoms with Gasteiger partial charge in [0.15, 0.2) is 0 Å². The number of rotatable bonds is 55. The Kier molecular flexibility index (Phi) is 35.6. The standard InChI is InChI=1S/C53H92O33P8/c1-50(34-54,35-77-88(57,58)72-30-14-26-46-18-6-7-19-46)36-78-92(65,66)82-42-52(3,39-80-90(61,62)74-32-16-28-48-22-10-11-23-48)43-85-94(69,70)86-45-53(4,40-81-91(63,64)75-33-17-29-49-24-12-13-25-49)44-84-93(67,68)83-41-51(2,37-76-87(55,56)71-5)38-79-89(59,60)73-31-15-27-47-20-8-9-21-47/h6-13,18,20,22,24,54H,14-17,19,21,23,25-45H2,1-5H3,(H,55,56)(H,57,58)(H,59,60)(H,61,62)(H,63,64)(H,65,66)(H,67,68)(H,69,70). The molecule has 542 valence electrons. The molecule has 0 aliphatic heterocycles. The number of phosphoric acid groups is 8. The maximum absolute atomic E-state index is 13.8. The van der Waals surface area contributed by atoms with Crippen molar-refractivity contribution >= 4 is 62.6 Å². The summed E-state index contributed by atoms with van der Waals surface area (Å²) in [6.45, 7) is -7.82. The topological polar surface area (TPSA) is 466 Å². The normalized spacial score (nSPS) is 22.6. The summed E-state index contributed by atoms with van der Waals surface area (Å²) < 4.78 is 187. The van der Waals surface area contributed by atoms with Crippen molar-refractivity contribution in [1.29, 1.82) is 0 Å². The highest BCUT2D eigenvalue weighted by Gasteiger charge is 2.43. The molecule has 0 radical (unpaired) electrons. The molecule has 0 spiro atoms. The summed E-state index contributed by atoms with van der Waals surface area (Å²) >= 11 is 0. The fraction of sp³-hybridized carbons (Fsp3) is 0.698. The van der Waals surface area contributed by atoms with Gasteiger partial charge in [0.1, 0.15) is 0 Å². The minimum Gasteiger partial charge on any atom is -0.396 e. The predicted molar refractivity (Wildman–Crippen MR) is 339 cm³/mol. The molecular formula is C53H92O33P8. The third-order valence-corrected chi connectivity index (χ3v) is 21.4. The predicted octanol–water partition coefficient (Wildman–Crippen LogP) is 11.4. The van der Waals surface area contributed by atoms with Gasteiger partial charge in [-0.05, 0) is 77.0 Å². The van der Waals surface area contributed by atoms with Crippen LogP contribution in [0.15, 0.2) is 95.2 Å². The monoisotopic (exact) mass is 1500 g/mol. The molecule has 0 saturated carbocycles. The Labute approximate surface area is 548 Å². The van der Waals surface area contributed by atoms with E-state index in [1.54, 1.807) is 0 Å². The van der Waals surface area contributed by atoms with E-state index in [-0.39, 0.29) is 39.3 Å². The second-order valence-electron chi connectivity index (χ2n) is 23.9. The number of allylic oxidation sites excluding steroid dienone is 16. The molecule has 4 aliphatic carbocycles. The quantitative estimate of drug-likeness (QED) is 0.0202. The van der Waals surface area contributed by atoms with Crippen molar-refractivity contribution in [2.24, 2.45) is 21.7 Å². The molecular weight excluding hydrogens is 1410 g/mol. The SMILES string of the molecule is COP(=O)(O)OCC(C)(COP(=O)(O)OCCCC1=CC=CC1)COP(=O)(O)OCC(C)(COP(=O)(O)OCCCC1=CC=CC1)COP(=O)(O)OCC(C)(COP(=O)(O)OCCCC1=CC=CC1)COP(=O)(O)OCC(C)(CO)COP(=O)(O)OCCCC1=CC=CC1. The van der Waals surface area contributed by atoms with Crippen molar-refractivity contribution in [2.45, 2.75) is 105 Å². The summed E-state index contributed by atoms with van der Waals surface area (Å²) in [5.74, 6) is 0. The first kappa shape index (κ1) is 85.2. The smallest absolute Gasteiger partial charge is 0.396 e. The maximum Gasteiger partial charge on any atom is 0.472 e. The van der Waals surface area contributed by atoms with Crippen LogP contribution < -0.4 is 0 Å². The van der Waals surface area contributed by atoms with Gasteiger partial charge in [-0.2, -0.15) is 0 Å². The van der Waals surface area contributed by atoms with Crippen LogP contribution in [0.25, 0.3) is 0 Å². The van der Waals surface area contributed by atoms with Crippen LogP contribution in [0, 0.1) is 21.7 Å². The number of aliphatic hydroxyl groups is 1. The van der Waals surface area contributed by atoms with Gasteiger partial charge >= 0.3 is 62.6 Å². The highest BCUT2D eigenvalue weighted by molar-refractivity contribution is 7.49. The molecule has 33 nitrogen and oxygen atoms in total. The van der Waals surface area contributed by atoms with Crippen LogP contribution in [-0.4, -0.2) is 157 Å². The Morgan fingerprint density at radius 1 is 0.309 bits per heavy atom. The Morgan fingerprint density at radius 3 is 0.660 bits per heavy atom. The van der Waals surface area contributed by atoms with E-state index in [9.17, 15) is 80.8 Å². The molecule has 4 rings (SSSR count). The van der Waals surface area contributed by atoms with Crippen LogP contribution >= 0.6 is 62.6 Å². The first-order chi connectivity index (χ1) is 43.7. The van der Waals surface area contributed by atoms with E-state index in [1.165, 1.54) is 13.8 Å². The Morgan fingerprint density at radius 2 is 0.489 bits per heavy atom. The molecule has 0 amide bonds. The lowest BCUT2D eigenvalue weighted by Gasteiger charge is -2.33. The summed E-state index contributed by atoms with van der Waals surface area (Å²) in [7, 11) is -39.7. The average molecular weight is 1510 g/mol. The molecule has 41 heteroatoms. The third kappa shape index (κ3) is 36.4. The molecule has 0 aromatic rings. The molecule has 0 aromatic heterocycles. The van der Waals surface area contributed by atoms with Crippen molar-refractivity contribution in [3.05, 3.63) is 95.2 Å². The third-order valence-electron chi connectivity index (χ3n) is 13.9. The molecule has 12 atom stereocenters. The van der Waals surface area contributed by atoms with E-state index >= 15 is 0 Å². The van der Waals surface area contributed by atoms with Gasteiger partial charge in [-0.15, -0.1) is 0 Å².